The molecule has 0 saturated carbocycles. The Labute approximate surface area is 180 Å². The van der Waals surface area contributed by atoms with E-state index in [9.17, 15) is 14.4 Å². The van der Waals surface area contributed by atoms with Crippen LogP contribution in [-0.2, 0) is 14.3 Å². The predicted molar refractivity (Wildman–Crippen MR) is 118 cm³/mol. The Morgan fingerprint density at radius 3 is 2.55 bits per heavy atom. The number of ether oxygens (including phenoxy) is 2. The average Bonchev–Trinajstić information content (AvgIpc) is 3.12. The molecule has 0 aliphatic rings. The van der Waals surface area contributed by atoms with E-state index < -0.39 is 5.97 Å². The highest BCUT2D eigenvalue weighted by atomic mass is 16.5. The number of aromatic amines is 1. The second kappa shape index (κ2) is 10.2. The second-order valence-electron chi connectivity index (χ2n) is 6.90. The third kappa shape index (κ3) is 5.82. The van der Waals surface area contributed by atoms with Gasteiger partial charge in [0.15, 0.2) is 6.61 Å². The minimum absolute atomic E-state index is 0.0255. The maximum atomic E-state index is 12.5. The number of methoxy groups -OCH3 is 1. The molecule has 0 aliphatic heterocycles. The monoisotopic (exact) mass is 420 g/mol. The van der Waals surface area contributed by atoms with Crippen LogP contribution in [0, 0.1) is 6.92 Å². The Bertz CT molecular complexity index is 1110. The SMILES string of the molecule is COc1ccc(/C=C/C(=O)NCCC(=O)OCC(=O)c2c(C)[nH]c3ccccc23)cc1. The number of hydrogen-bond acceptors (Lipinski definition) is 5. The van der Waals surface area contributed by atoms with Gasteiger partial charge in [-0.15, -0.1) is 0 Å². The Morgan fingerprint density at radius 1 is 1.06 bits per heavy atom. The molecule has 0 bridgehead atoms. The Hall–Kier alpha value is -3.87. The van der Waals surface area contributed by atoms with E-state index in [1.54, 1.807) is 25.3 Å². The molecule has 160 valence electrons. The Balaban J connectivity index is 1.41. The standard InChI is InChI=1S/C24H24N2O5/c1-16-24(19-5-3-4-6-20(19)26-16)21(27)15-31-23(29)13-14-25-22(28)12-9-17-7-10-18(30-2)11-8-17/h3-12,26H,13-15H2,1-2H3,(H,25,28)/b12-9+. The van der Waals surface area contributed by atoms with Gasteiger partial charge in [-0.05, 0) is 36.8 Å². The van der Waals surface area contributed by atoms with E-state index in [1.807, 2.05) is 43.3 Å². The molecule has 2 N–H and O–H groups in total. The summed E-state index contributed by atoms with van der Waals surface area (Å²) in [7, 11) is 1.59. The molecule has 3 aromatic rings. The zero-order valence-corrected chi connectivity index (χ0v) is 17.4. The highest BCUT2D eigenvalue weighted by molar-refractivity contribution is 6.10. The van der Waals surface area contributed by atoms with Crippen molar-refractivity contribution in [3.05, 3.63) is 71.4 Å². The summed E-state index contributed by atoms with van der Waals surface area (Å²) in [5.74, 6) is -0.410. The van der Waals surface area contributed by atoms with Crippen molar-refractivity contribution in [2.24, 2.45) is 0 Å². The normalized spacial score (nSPS) is 10.9. The first kappa shape index (κ1) is 21.8. The lowest BCUT2D eigenvalue weighted by atomic mass is 10.1. The molecule has 2 aromatic carbocycles. The molecule has 31 heavy (non-hydrogen) atoms. The Kier molecular flexibility index (Phi) is 7.22. The molecule has 0 fully saturated rings. The maximum absolute atomic E-state index is 12.5. The van der Waals surface area contributed by atoms with E-state index in [-0.39, 0.29) is 31.3 Å². The van der Waals surface area contributed by atoms with Crippen LogP contribution in [-0.4, -0.2) is 42.9 Å². The van der Waals surface area contributed by atoms with Gasteiger partial charge >= 0.3 is 5.97 Å². The molecule has 7 heteroatoms. The zero-order chi connectivity index (χ0) is 22.2. The molecule has 0 spiro atoms. The lowest BCUT2D eigenvalue weighted by molar-refractivity contribution is -0.142. The molecule has 1 heterocycles. The number of carbonyl (C=O) groups is 3. The first-order valence-corrected chi connectivity index (χ1v) is 9.84. The van der Waals surface area contributed by atoms with Crippen LogP contribution in [0.3, 0.4) is 0 Å². The molecule has 3 rings (SSSR count). The minimum atomic E-state index is -0.551. The number of ketones is 1. The number of fused-ring (bicyclic) bond motifs is 1. The van der Waals surface area contributed by atoms with Crippen molar-refractivity contribution >= 4 is 34.6 Å². The van der Waals surface area contributed by atoms with Crippen molar-refractivity contribution < 1.29 is 23.9 Å². The lowest BCUT2D eigenvalue weighted by Crippen LogP contribution is -2.25. The van der Waals surface area contributed by atoms with Crippen LogP contribution in [0.5, 0.6) is 5.75 Å². The molecule has 0 radical (unpaired) electrons. The topological polar surface area (TPSA) is 97.5 Å². The zero-order valence-electron chi connectivity index (χ0n) is 17.4. The van der Waals surface area contributed by atoms with Crippen molar-refractivity contribution in [1.82, 2.24) is 10.3 Å². The number of carbonyl (C=O) groups excluding carboxylic acids is 3. The fraction of sp³-hybridized carbons (Fsp3) is 0.208. The van der Waals surface area contributed by atoms with Crippen molar-refractivity contribution in [2.45, 2.75) is 13.3 Å². The number of aromatic nitrogens is 1. The van der Waals surface area contributed by atoms with Gasteiger partial charge < -0.3 is 19.8 Å². The van der Waals surface area contributed by atoms with E-state index >= 15 is 0 Å². The number of nitrogens with one attached hydrogen (secondary N) is 2. The van der Waals surface area contributed by atoms with Gasteiger partial charge in [0.1, 0.15) is 5.75 Å². The maximum Gasteiger partial charge on any atom is 0.308 e. The van der Waals surface area contributed by atoms with Gasteiger partial charge in [0, 0.05) is 34.8 Å². The molecule has 1 amide bonds. The minimum Gasteiger partial charge on any atom is -0.497 e. The van der Waals surface area contributed by atoms with E-state index in [0.29, 0.717) is 5.56 Å². The van der Waals surface area contributed by atoms with E-state index in [1.165, 1.54) is 6.08 Å². The fourth-order valence-corrected chi connectivity index (χ4v) is 3.16. The van der Waals surface area contributed by atoms with E-state index in [4.69, 9.17) is 9.47 Å². The number of Topliss-reactive ketones (excluding diaryl/α,β-unsaturated/α-hetero) is 1. The second-order valence-corrected chi connectivity index (χ2v) is 6.90. The van der Waals surface area contributed by atoms with Crippen LogP contribution >= 0.6 is 0 Å². The van der Waals surface area contributed by atoms with Gasteiger partial charge in [0.25, 0.3) is 0 Å². The highest BCUT2D eigenvalue weighted by Gasteiger charge is 2.17. The number of benzene rings is 2. The number of amides is 1. The van der Waals surface area contributed by atoms with Gasteiger partial charge in [-0.1, -0.05) is 30.3 Å². The smallest absolute Gasteiger partial charge is 0.308 e. The Morgan fingerprint density at radius 2 is 1.81 bits per heavy atom. The molecule has 0 unspecified atom stereocenters. The quantitative estimate of drug-likeness (QED) is 0.314. The summed E-state index contributed by atoms with van der Waals surface area (Å²) in [5.41, 5.74) is 2.97. The summed E-state index contributed by atoms with van der Waals surface area (Å²) in [5, 5.41) is 3.42. The van der Waals surface area contributed by atoms with Crippen LogP contribution in [0.2, 0.25) is 0 Å². The van der Waals surface area contributed by atoms with Crippen LogP contribution < -0.4 is 10.1 Å². The first-order chi connectivity index (χ1) is 15.0. The summed E-state index contributed by atoms with van der Waals surface area (Å²) >= 11 is 0. The summed E-state index contributed by atoms with van der Waals surface area (Å²) in [6, 6.07) is 14.7. The van der Waals surface area contributed by atoms with Crippen molar-refractivity contribution in [3.63, 3.8) is 0 Å². The fourth-order valence-electron chi connectivity index (χ4n) is 3.16. The number of rotatable bonds is 9. The number of hydrogen-bond donors (Lipinski definition) is 2. The average molecular weight is 420 g/mol. The lowest BCUT2D eigenvalue weighted by Gasteiger charge is -2.05. The molecular weight excluding hydrogens is 396 g/mol. The molecule has 0 aliphatic carbocycles. The molecule has 0 atom stereocenters. The molecular formula is C24H24N2O5. The molecule has 0 saturated heterocycles. The number of para-hydroxylation sites is 1. The summed E-state index contributed by atoms with van der Waals surface area (Å²) in [6.07, 6.45) is 3.02. The molecule has 1 aromatic heterocycles. The number of esters is 1. The summed E-state index contributed by atoms with van der Waals surface area (Å²) in [6.45, 7) is 1.59. The van der Waals surface area contributed by atoms with Crippen LogP contribution in [0.15, 0.2) is 54.6 Å². The summed E-state index contributed by atoms with van der Waals surface area (Å²) in [4.78, 5) is 39.4. The first-order valence-electron chi connectivity index (χ1n) is 9.84. The predicted octanol–water partition coefficient (Wildman–Crippen LogP) is 3.43. The summed E-state index contributed by atoms with van der Waals surface area (Å²) < 4.78 is 10.2. The van der Waals surface area contributed by atoms with Crippen molar-refractivity contribution in [2.75, 3.05) is 20.3 Å². The van der Waals surface area contributed by atoms with E-state index in [2.05, 4.69) is 10.3 Å². The highest BCUT2D eigenvalue weighted by Crippen LogP contribution is 2.22. The van der Waals surface area contributed by atoms with E-state index in [0.717, 1.165) is 27.9 Å². The number of H-pyrrole nitrogens is 1. The number of aryl methyl sites for hydroxylation is 1. The van der Waals surface area contributed by atoms with Gasteiger partial charge in [0.05, 0.1) is 13.5 Å². The van der Waals surface area contributed by atoms with Crippen LogP contribution in [0.1, 0.15) is 28.0 Å². The van der Waals surface area contributed by atoms with Crippen LogP contribution in [0.25, 0.3) is 17.0 Å². The van der Waals surface area contributed by atoms with Gasteiger partial charge in [-0.25, -0.2) is 0 Å². The third-order valence-electron chi connectivity index (χ3n) is 4.71. The van der Waals surface area contributed by atoms with Crippen LogP contribution in [0.4, 0.5) is 0 Å². The van der Waals surface area contributed by atoms with Crippen molar-refractivity contribution in [3.8, 4) is 5.75 Å². The van der Waals surface area contributed by atoms with Crippen molar-refractivity contribution in [1.29, 1.82) is 0 Å². The van der Waals surface area contributed by atoms with Gasteiger partial charge in [0.2, 0.25) is 11.7 Å². The third-order valence-corrected chi connectivity index (χ3v) is 4.71. The largest absolute Gasteiger partial charge is 0.497 e. The molecule has 7 nitrogen and oxygen atoms in total. The van der Waals surface area contributed by atoms with Gasteiger partial charge in [-0.2, -0.15) is 0 Å². The van der Waals surface area contributed by atoms with Gasteiger partial charge in [-0.3, -0.25) is 14.4 Å².